The Kier molecular flexibility index (Phi) is 2.84. The Morgan fingerprint density at radius 3 is 3.00 bits per heavy atom. The maximum absolute atomic E-state index is 11.8. The van der Waals surface area contributed by atoms with Gasteiger partial charge in [0.05, 0.1) is 0 Å². The highest BCUT2D eigenvalue weighted by Gasteiger charge is 2.35. The Morgan fingerprint density at radius 1 is 1.80 bits per heavy atom. The lowest BCUT2D eigenvalue weighted by Crippen LogP contribution is -2.31. The van der Waals surface area contributed by atoms with Crippen LogP contribution in [0.1, 0.15) is 23.8 Å². The average molecular weight is 272 g/mol. The summed E-state index contributed by atoms with van der Waals surface area (Å²) in [4.78, 5) is 11.8. The summed E-state index contributed by atoms with van der Waals surface area (Å²) >= 11 is 3.36. The van der Waals surface area contributed by atoms with E-state index in [9.17, 15) is 4.79 Å². The third kappa shape index (κ3) is 2.23. The van der Waals surface area contributed by atoms with Crippen LogP contribution in [0.4, 0.5) is 0 Å². The van der Waals surface area contributed by atoms with Crippen LogP contribution in [-0.4, -0.2) is 22.6 Å². The number of rotatable bonds is 3. The Labute approximate surface area is 97.0 Å². The number of nitrogens with one attached hydrogen (secondary N) is 1. The molecule has 2 rings (SSSR count). The van der Waals surface area contributed by atoms with E-state index in [1.54, 1.807) is 0 Å². The number of carbonyl (C=O) groups excluding carboxylic acids is 1. The van der Waals surface area contributed by atoms with Gasteiger partial charge in [0.25, 0.3) is 5.91 Å². The monoisotopic (exact) mass is 271 g/mol. The molecule has 4 nitrogen and oxygen atoms in total. The van der Waals surface area contributed by atoms with Crippen molar-refractivity contribution in [2.45, 2.75) is 32.0 Å². The van der Waals surface area contributed by atoms with Gasteiger partial charge in [-0.1, -0.05) is 0 Å². The van der Waals surface area contributed by atoms with E-state index in [0.717, 1.165) is 17.4 Å². The summed E-state index contributed by atoms with van der Waals surface area (Å²) in [5.41, 5.74) is 6.32. The summed E-state index contributed by atoms with van der Waals surface area (Å²) in [6, 6.07) is 2.13. The zero-order valence-electron chi connectivity index (χ0n) is 8.53. The molecule has 1 saturated carbocycles. The van der Waals surface area contributed by atoms with Gasteiger partial charge >= 0.3 is 0 Å². The molecule has 1 aliphatic rings. The molecule has 1 aromatic rings. The van der Waals surface area contributed by atoms with E-state index in [4.69, 9.17) is 5.73 Å². The van der Waals surface area contributed by atoms with Crippen molar-refractivity contribution in [3.63, 3.8) is 0 Å². The second-order valence-corrected chi connectivity index (χ2v) is 4.72. The van der Waals surface area contributed by atoms with E-state index in [2.05, 4.69) is 21.2 Å². The largest absolute Gasteiger partial charge is 0.346 e. The van der Waals surface area contributed by atoms with Crippen molar-refractivity contribution in [3.05, 3.63) is 22.4 Å². The quantitative estimate of drug-likeness (QED) is 0.865. The van der Waals surface area contributed by atoms with Crippen LogP contribution in [-0.2, 0) is 6.54 Å². The molecule has 1 aliphatic carbocycles. The Balaban J connectivity index is 2.10. The van der Waals surface area contributed by atoms with E-state index in [-0.39, 0.29) is 18.0 Å². The molecule has 1 amide bonds. The lowest BCUT2D eigenvalue weighted by molar-refractivity contribution is 0.0941. The summed E-state index contributed by atoms with van der Waals surface area (Å²) in [7, 11) is 0. The molecule has 1 heterocycles. The molecule has 5 heteroatoms. The summed E-state index contributed by atoms with van der Waals surface area (Å²) in [6.07, 6.45) is 2.79. The maximum atomic E-state index is 11.8. The Hall–Kier alpha value is -0.810. The van der Waals surface area contributed by atoms with Gasteiger partial charge < -0.3 is 15.6 Å². The van der Waals surface area contributed by atoms with Crippen LogP contribution in [0.25, 0.3) is 0 Å². The summed E-state index contributed by atoms with van der Waals surface area (Å²) in [5.74, 6) is -0.0412. The lowest BCUT2D eigenvalue weighted by Gasteiger charge is -2.06. The van der Waals surface area contributed by atoms with Crippen LogP contribution < -0.4 is 11.1 Å². The molecule has 1 fully saturated rings. The van der Waals surface area contributed by atoms with Gasteiger partial charge in [0.2, 0.25) is 0 Å². The molecule has 1 aromatic heterocycles. The fraction of sp³-hybridized carbons (Fsp3) is 0.500. The molecule has 3 N–H and O–H groups in total. The maximum Gasteiger partial charge on any atom is 0.268 e. The van der Waals surface area contributed by atoms with Gasteiger partial charge in [-0.15, -0.1) is 0 Å². The second kappa shape index (κ2) is 3.98. The first-order valence-corrected chi connectivity index (χ1v) is 5.83. The molecule has 2 unspecified atom stereocenters. The number of amides is 1. The van der Waals surface area contributed by atoms with Gasteiger partial charge in [-0.05, 0) is 35.3 Å². The highest BCUT2D eigenvalue weighted by Crippen LogP contribution is 2.20. The molecule has 0 spiro atoms. The first-order chi connectivity index (χ1) is 7.11. The van der Waals surface area contributed by atoms with Crippen LogP contribution >= 0.6 is 15.9 Å². The average Bonchev–Trinajstić information content (AvgIpc) is 2.74. The number of nitrogens with zero attached hydrogens (tertiary/aromatic N) is 1. The number of carbonyl (C=O) groups is 1. The SMILES string of the molecule is CCn1cc(Br)cc1C(=O)NC1CC1N. The fourth-order valence-electron chi connectivity index (χ4n) is 1.55. The topological polar surface area (TPSA) is 60.0 Å². The van der Waals surface area contributed by atoms with Crippen molar-refractivity contribution in [1.29, 1.82) is 0 Å². The number of hydrogen-bond donors (Lipinski definition) is 2. The van der Waals surface area contributed by atoms with Gasteiger partial charge in [-0.3, -0.25) is 4.79 Å². The predicted octanol–water partition coefficient (Wildman–Crippen LogP) is 1.10. The molecule has 15 heavy (non-hydrogen) atoms. The van der Waals surface area contributed by atoms with Crippen molar-refractivity contribution in [2.24, 2.45) is 5.73 Å². The van der Waals surface area contributed by atoms with E-state index in [1.165, 1.54) is 0 Å². The molecule has 82 valence electrons. The van der Waals surface area contributed by atoms with Gasteiger partial charge in [-0.2, -0.15) is 0 Å². The number of aromatic nitrogens is 1. The van der Waals surface area contributed by atoms with Crippen LogP contribution in [0.5, 0.6) is 0 Å². The zero-order chi connectivity index (χ0) is 11.0. The van der Waals surface area contributed by atoms with Gasteiger partial charge in [0, 0.05) is 29.3 Å². The first kappa shape index (κ1) is 10.7. The number of aryl methyl sites for hydroxylation is 1. The molecule has 0 bridgehead atoms. The predicted molar refractivity (Wildman–Crippen MR) is 61.7 cm³/mol. The smallest absolute Gasteiger partial charge is 0.268 e. The Morgan fingerprint density at radius 2 is 2.47 bits per heavy atom. The minimum absolute atomic E-state index is 0.0412. The van der Waals surface area contributed by atoms with Crippen molar-refractivity contribution in [3.8, 4) is 0 Å². The molecular weight excluding hydrogens is 258 g/mol. The van der Waals surface area contributed by atoms with E-state index in [1.807, 2.05) is 23.8 Å². The standard InChI is InChI=1S/C10H14BrN3O/c1-2-14-5-6(11)3-9(14)10(15)13-8-4-7(8)12/h3,5,7-8H,2,4,12H2,1H3,(H,13,15). The molecule has 2 atom stereocenters. The third-order valence-electron chi connectivity index (χ3n) is 2.59. The highest BCUT2D eigenvalue weighted by atomic mass is 79.9. The number of hydrogen-bond acceptors (Lipinski definition) is 2. The Bertz CT molecular complexity index is 388. The molecule has 0 aliphatic heterocycles. The summed E-state index contributed by atoms with van der Waals surface area (Å²) in [5, 5.41) is 2.90. The van der Waals surface area contributed by atoms with Crippen LogP contribution in [0, 0.1) is 0 Å². The van der Waals surface area contributed by atoms with Crippen molar-refractivity contribution >= 4 is 21.8 Å². The minimum Gasteiger partial charge on any atom is -0.346 e. The summed E-state index contributed by atoms with van der Waals surface area (Å²) in [6.45, 7) is 2.79. The van der Waals surface area contributed by atoms with E-state index < -0.39 is 0 Å². The highest BCUT2D eigenvalue weighted by molar-refractivity contribution is 9.10. The molecule has 0 aromatic carbocycles. The van der Waals surface area contributed by atoms with Crippen LogP contribution in [0.15, 0.2) is 16.7 Å². The van der Waals surface area contributed by atoms with Gasteiger partial charge in [0.15, 0.2) is 0 Å². The van der Waals surface area contributed by atoms with Gasteiger partial charge in [0.1, 0.15) is 5.69 Å². The van der Waals surface area contributed by atoms with Crippen LogP contribution in [0.3, 0.4) is 0 Å². The van der Waals surface area contributed by atoms with Crippen LogP contribution in [0.2, 0.25) is 0 Å². The summed E-state index contributed by atoms with van der Waals surface area (Å²) < 4.78 is 2.84. The number of nitrogens with two attached hydrogens (primary N) is 1. The molecule has 0 saturated heterocycles. The fourth-order valence-corrected chi connectivity index (χ4v) is 2.01. The third-order valence-corrected chi connectivity index (χ3v) is 3.03. The van der Waals surface area contributed by atoms with Crippen molar-refractivity contribution in [1.82, 2.24) is 9.88 Å². The zero-order valence-corrected chi connectivity index (χ0v) is 10.1. The first-order valence-electron chi connectivity index (χ1n) is 5.04. The second-order valence-electron chi connectivity index (χ2n) is 3.81. The van der Waals surface area contributed by atoms with E-state index in [0.29, 0.717) is 5.69 Å². The molecular formula is C10H14BrN3O. The minimum atomic E-state index is -0.0412. The van der Waals surface area contributed by atoms with Crippen molar-refractivity contribution in [2.75, 3.05) is 0 Å². The lowest BCUT2D eigenvalue weighted by atomic mass is 10.4. The number of halogens is 1. The molecule has 0 radical (unpaired) electrons. The van der Waals surface area contributed by atoms with Gasteiger partial charge in [-0.25, -0.2) is 0 Å². The normalized spacial score (nSPS) is 23.9. The van der Waals surface area contributed by atoms with E-state index >= 15 is 0 Å². The van der Waals surface area contributed by atoms with Crippen molar-refractivity contribution < 1.29 is 4.79 Å².